The van der Waals surface area contributed by atoms with Crippen LogP contribution in [0.5, 0.6) is 0 Å². The number of nitrogens with zero attached hydrogens (tertiary/aromatic N) is 8. The van der Waals surface area contributed by atoms with Gasteiger partial charge in [-0.3, -0.25) is 14.7 Å². The van der Waals surface area contributed by atoms with E-state index < -0.39 is 0 Å². The summed E-state index contributed by atoms with van der Waals surface area (Å²) in [5, 5.41) is 17.1. The lowest BCUT2D eigenvalue weighted by Gasteiger charge is -2.41. The number of carbonyl (C=O) groups is 1. The zero-order chi connectivity index (χ0) is 26.2. The lowest BCUT2D eigenvalue weighted by atomic mass is 9.96. The van der Waals surface area contributed by atoms with E-state index in [4.69, 9.17) is 4.98 Å². The maximum Gasteiger partial charge on any atom is 0.254 e. The largest absolute Gasteiger partial charge is 0.336 e. The summed E-state index contributed by atoms with van der Waals surface area (Å²) in [7, 11) is 0. The molecule has 0 bridgehead atoms. The van der Waals surface area contributed by atoms with Crippen molar-refractivity contribution in [3.05, 3.63) is 70.7 Å². The van der Waals surface area contributed by atoms with Gasteiger partial charge >= 0.3 is 0 Å². The molecular weight excluding hydrogens is 480 g/mol. The average molecular weight is 511 g/mol. The topological polar surface area (TPSA) is 129 Å². The van der Waals surface area contributed by atoms with Gasteiger partial charge in [-0.15, -0.1) is 5.10 Å². The maximum absolute atomic E-state index is 13.4. The summed E-state index contributed by atoms with van der Waals surface area (Å²) in [5.41, 5.74) is 6.79. The molecule has 2 aliphatic heterocycles. The second-order valence-electron chi connectivity index (χ2n) is 10.3. The number of carbonyl (C=O) groups excluding carboxylic acids is 1. The number of amides is 1. The Morgan fingerprint density at radius 2 is 1.95 bits per heavy atom. The molecule has 1 saturated heterocycles. The van der Waals surface area contributed by atoms with Crippen molar-refractivity contribution in [2.45, 2.75) is 58.8 Å². The summed E-state index contributed by atoms with van der Waals surface area (Å²) < 4.78 is 0. The number of aromatic nitrogens is 7. The first kappa shape index (κ1) is 24.1. The zero-order valence-corrected chi connectivity index (χ0v) is 21.7. The molecule has 1 aromatic carbocycles. The summed E-state index contributed by atoms with van der Waals surface area (Å²) in [6, 6.07) is 10.3. The van der Waals surface area contributed by atoms with Crippen LogP contribution >= 0.6 is 0 Å². The number of H-pyrrole nitrogens is 1. The van der Waals surface area contributed by atoms with Crippen LogP contribution in [-0.2, 0) is 13.1 Å². The SMILES string of the molecule is Cc1cc(C)cc(Nc2ncc3c(n2)CN([C@H]2CCN(C(=O)c4ccnc(-c5nnn[nH]5)c4)[C@H](C)C2)C3)c1. The molecule has 2 atom stereocenters. The van der Waals surface area contributed by atoms with Gasteiger partial charge in [-0.05, 0) is 79.4 Å². The number of hydrogen-bond donors (Lipinski definition) is 2. The van der Waals surface area contributed by atoms with Crippen molar-refractivity contribution in [2.24, 2.45) is 0 Å². The first-order valence-electron chi connectivity index (χ1n) is 12.9. The predicted molar refractivity (Wildman–Crippen MR) is 141 cm³/mol. The number of likely N-dealkylation sites (tertiary alicyclic amines) is 1. The highest BCUT2D eigenvalue weighted by atomic mass is 16.2. The van der Waals surface area contributed by atoms with Crippen LogP contribution in [0.15, 0.2) is 42.7 Å². The fourth-order valence-corrected chi connectivity index (χ4v) is 5.58. The average Bonchev–Trinajstić information content (AvgIpc) is 3.58. The van der Waals surface area contributed by atoms with Gasteiger partial charge in [0.2, 0.25) is 5.95 Å². The summed E-state index contributed by atoms with van der Waals surface area (Å²) in [6.45, 7) is 8.63. The minimum absolute atomic E-state index is 0.00440. The molecule has 11 nitrogen and oxygen atoms in total. The Balaban J connectivity index is 1.09. The van der Waals surface area contributed by atoms with E-state index in [-0.39, 0.29) is 11.9 Å². The molecule has 0 spiro atoms. The second-order valence-corrected chi connectivity index (χ2v) is 10.3. The van der Waals surface area contributed by atoms with E-state index in [1.54, 1.807) is 18.3 Å². The number of tetrazole rings is 1. The molecular formula is C27H30N10O. The molecule has 194 valence electrons. The molecule has 0 unspecified atom stereocenters. The summed E-state index contributed by atoms with van der Waals surface area (Å²) in [5.74, 6) is 1.07. The number of fused-ring (bicyclic) bond motifs is 1. The van der Waals surface area contributed by atoms with Crippen molar-refractivity contribution in [1.29, 1.82) is 0 Å². The maximum atomic E-state index is 13.4. The summed E-state index contributed by atoms with van der Waals surface area (Å²) in [6.07, 6.45) is 5.38. The predicted octanol–water partition coefficient (Wildman–Crippen LogP) is 3.42. The monoisotopic (exact) mass is 510 g/mol. The Kier molecular flexibility index (Phi) is 6.28. The molecule has 4 aromatic rings. The van der Waals surface area contributed by atoms with Gasteiger partial charge in [0.25, 0.3) is 5.91 Å². The van der Waals surface area contributed by atoms with E-state index in [1.807, 2.05) is 11.1 Å². The normalized spacial score (nSPS) is 19.4. The number of benzene rings is 1. The minimum atomic E-state index is 0.00440. The second kappa shape index (κ2) is 9.90. The number of aryl methyl sites for hydroxylation is 2. The third-order valence-corrected chi connectivity index (χ3v) is 7.38. The molecule has 38 heavy (non-hydrogen) atoms. The Hall–Kier alpha value is -4.25. The van der Waals surface area contributed by atoms with Crippen molar-refractivity contribution >= 4 is 17.5 Å². The molecule has 2 aliphatic rings. The van der Waals surface area contributed by atoms with Crippen LogP contribution in [0.25, 0.3) is 11.5 Å². The van der Waals surface area contributed by atoms with Crippen LogP contribution in [0.1, 0.15) is 52.5 Å². The Labute approximate surface area is 220 Å². The van der Waals surface area contributed by atoms with Crippen molar-refractivity contribution in [3.8, 4) is 11.5 Å². The molecule has 1 fully saturated rings. The summed E-state index contributed by atoms with van der Waals surface area (Å²) in [4.78, 5) is 31.5. The number of anilines is 2. The molecule has 11 heteroatoms. The minimum Gasteiger partial charge on any atom is -0.336 e. The van der Waals surface area contributed by atoms with Gasteiger partial charge in [0.05, 0.1) is 5.69 Å². The van der Waals surface area contributed by atoms with E-state index in [1.165, 1.54) is 16.7 Å². The van der Waals surface area contributed by atoms with Gasteiger partial charge < -0.3 is 10.2 Å². The quantitative estimate of drug-likeness (QED) is 0.415. The van der Waals surface area contributed by atoms with Crippen LogP contribution in [0, 0.1) is 13.8 Å². The van der Waals surface area contributed by atoms with Crippen molar-refractivity contribution in [1.82, 2.24) is 45.4 Å². The first-order valence-corrected chi connectivity index (χ1v) is 12.9. The Morgan fingerprint density at radius 3 is 2.71 bits per heavy atom. The van der Waals surface area contributed by atoms with E-state index in [0.29, 0.717) is 35.6 Å². The van der Waals surface area contributed by atoms with Crippen LogP contribution in [0.2, 0.25) is 0 Å². The first-order chi connectivity index (χ1) is 18.4. The van der Waals surface area contributed by atoms with Crippen molar-refractivity contribution in [2.75, 3.05) is 11.9 Å². The molecule has 0 aliphatic carbocycles. The highest BCUT2D eigenvalue weighted by Crippen LogP contribution is 2.31. The molecule has 6 rings (SSSR count). The van der Waals surface area contributed by atoms with Gasteiger partial charge in [-0.2, -0.15) is 0 Å². The van der Waals surface area contributed by atoms with Crippen LogP contribution < -0.4 is 5.32 Å². The highest BCUT2D eigenvalue weighted by molar-refractivity contribution is 5.95. The molecule has 0 radical (unpaired) electrons. The number of pyridine rings is 1. The van der Waals surface area contributed by atoms with Crippen molar-refractivity contribution < 1.29 is 4.79 Å². The van der Waals surface area contributed by atoms with Gasteiger partial charge in [-0.25, -0.2) is 15.1 Å². The van der Waals surface area contributed by atoms with Crippen LogP contribution in [0.3, 0.4) is 0 Å². The standard InChI is InChI=1S/C27H30N10O/c1-16-8-17(2)10-21(9-16)30-27-29-13-20-14-36(15-24(20)31-27)22-5-7-37(18(3)11-22)26(38)19-4-6-28-23(12-19)25-32-34-35-33-25/h4,6,8-10,12-13,18,22H,5,7,11,14-15H2,1-3H3,(H,29,30,31)(H,32,33,34,35)/t18-,22+/m1/s1. The number of nitrogens with one attached hydrogen (secondary N) is 2. The van der Waals surface area contributed by atoms with Gasteiger partial charge in [0, 0.05) is 60.9 Å². The molecule has 2 N–H and O–H groups in total. The van der Waals surface area contributed by atoms with Crippen molar-refractivity contribution in [3.63, 3.8) is 0 Å². The van der Waals surface area contributed by atoms with E-state index in [0.717, 1.165) is 37.3 Å². The number of rotatable bonds is 5. The lowest BCUT2D eigenvalue weighted by molar-refractivity contribution is 0.0460. The third-order valence-electron chi connectivity index (χ3n) is 7.38. The fourth-order valence-electron chi connectivity index (χ4n) is 5.58. The van der Waals surface area contributed by atoms with Gasteiger partial charge in [0.1, 0.15) is 5.69 Å². The molecule has 3 aromatic heterocycles. The number of piperidine rings is 1. The Morgan fingerprint density at radius 1 is 1.11 bits per heavy atom. The van der Waals surface area contributed by atoms with Crippen LogP contribution in [0.4, 0.5) is 11.6 Å². The number of aromatic amines is 1. The lowest BCUT2D eigenvalue weighted by Crippen LogP contribution is -2.50. The van der Waals surface area contributed by atoms with E-state index in [2.05, 4.69) is 79.8 Å². The van der Waals surface area contributed by atoms with E-state index >= 15 is 0 Å². The summed E-state index contributed by atoms with van der Waals surface area (Å²) >= 11 is 0. The zero-order valence-electron chi connectivity index (χ0n) is 21.7. The third kappa shape index (κ3) is 4.84. The smallest absolute Gasteiger partial charge is 0.254 e. The molecule has 0 saturated carbocycles. The molecule has 5 heterocycles. The Bertz CT molecular complexity index is 1450. The molecule has 1 amide bonds. The van der Waals surface area contributed by atoms with Gasteiger partial charge in [0.15, 0.2) is 5.82 Å². The van der Waals surface area contributed by atoms with Gasteiger partial charge in [-0.1, -0.05) is 6.07 Å². The van der Waals surface area contributed by atoms with E-state index in [9.17, 15) is 4.79 Å². The fraction of sp³-hybridized carbons (Fsp3) is 0.370. The highest BCUT2D eigenvalue weighted by Gasteiger charge is 2.35. The number of hydrogen-bond acceptors (Lipinski definition) is 9. The van der Waals surface area contributed by atoms with Crippen LogP contribution in [-0.4, -0.2) is 69.9 Å².